The summed E-state index contributed by atoms with van der Waals surface area (Å²) in [7, 11) is -1.30. The molecule has 2 aromatic heterocycles. The standard InChI is InChI=1S/C11H16N2O2SSi/c1-5-15-10(14)8-6-13-7-9(17(2,3)4)16-11(13)12-8/h6-7H,5H2,1-4H3. The Morgan fingerprint density at radius 1 is 1.47 bits per heavy atom. The normalized spacial score (nSPS) is 12.0. The van der Waals surface area contributed by atoms with Gasteiger partial charge in [-0.25, -0.2) is 9.78 Å². The highest BCUT2D eigenvalue weighted by molar-refractivity contribution is 7.29. The average Bonchev–Trinajstić information content (AvgIpc) is 2.72. The third-order valence-electron chi connectivity index (χ3n) is 2.38. The van der Waals surface area contributed by atoms with E-state index in [1.54, 1.807) is 24.5 Å². The number of carbonyl (C=O) groups is 1. The van der Waals surface area contributed by atoms with Crippen molar-refractivity contribution in [3.8, 4) is 0 Å². The van der Waals surface area contributed by atoms with Crippen LogP contribution in [-0.4, -0.2) is 30.0 Å². The number of carbonyl (C=O) groups excluding carboxylic acids is 1. The van der Waals surface area contributed by atoms with Gasteiger partial charge in [0.1, 0.15) is 0 Å². The molecule has 0 aromatic carbocycles. The Balaban J connectivity index is 2.35. The number of thiazole rings is 1. The first-order chi connectivity index (χ1) is 7.91. The van der Waals surface area contributed by atoms with Crippen molar-refractivity contribution in [1.29, 1.82) is 0 Å². The molecule has 6 heteroatoms. The summed E-state index contributed by atoms with van der Waals surface area (Å²) in [5.41, 5.74) is 0.389. The Bertz CT molecular complexity index is 522. The Morgan fingerprint density at radius 3 is 2.71 bits per heavy atom. The highest BCUT2D eigenvalue weighted by Gasteiger charge is 2.21. The Morgan fingerprint density at radius 2 is 2.18 bits per heavy atom. The molecule has 0 saturated heterocycles. The van der Waals surface area contributed by atoms with Gasteiger partial charge in [0.15, 0.2) is 10.7 Å². The van der Waals surface area contributed by atoms with Crippen molar-refractivity contribution in [2.45, 2.75) is 26.6 Å². The second-order valence-corrected chi connectivity index (χ2v) is 11.3. The van der Waals surface area contributed by atoms with E-state index in [0.29, 0.717) is 12.3 Å². The Labute approximate surface area is 105 Å². The van der Waals surface area contributed by atoms with Crippen LogP contribution in [0.2, 0.25) is 19.6 Å². The van der Waals surface area contributed by atoms with E-state index in [-0.39, 0.29) is 5.97 Å². The van der Waals surface area contributed by atoms with Gasteiger partial charge in [0.05, 0.1) is 14.7 Å². The molecule has 0 fully saturated rings. The fraction of sp³-hybridized carbons (Fsp3) is 0.455. The van der Waals surface area contributed by atoms with E-state index < -0.39 is 8.07 Å². The minimum Gasteiger partial charge on any atom is -0.461 e. The van der Waals surface area contributed by atoms with Crippen LogP contribution in [0, 0.1) is 0 Å². The summed E-state index contributed by atoms with van der Waals surface area (Å²) >= 11 is 1.67. The summed E-state index contributed by atoms with van der Waals surface area (Å²) in [6, 6.07) is 0. The van der Waals surface area contributed by atoms with E-state index in [0.717, 1.165) is 4.96 Å². The van der Waals surface area contributed by atoms with Crippen molar-refractivity contribution in [3.05, 3.63) is 18.1 Å². The second kappa shape index (κ2) is 4.27. The lowest BCUT2D eigenvalue weighted by Crippen LogP contribution is -2.35. The van der Waals surface area contributed by atoms with E-state index >= 15 is 0 Å². The van der Waals surface area contributed by atoms with E-state index in [1.165, 1.54) is 4.50 Å². The predicted molar refractivity (Wildman–Crippen MR) is 72.0 cm³/mol. The zero-order chi connectivity index (χ0) is 12.6. The van der Waals surface area contributed by atoms with Crippen LogP contribution >= 0.6 is 11.3 Å². The van der Waals surface area contributed by atoms with Gasteiger partial charge in [-0.05, 0) is 6.92 Å². The molecule has 2 rings (SSSR count). The van der Waals surface area contributed by atoms with Crippen molar-refractivity contribution in [3.63, 3.8) is 0 Å². The number of rotatable bonds is 3. The molecule has 0 spiro atoms. The van der Waals surface area contributed by atoms with Gasteiger partial charge in [0, 0.05) is 16.9 Å². The Hall–Kier alpha value is -1.14. The van der Waals surface area contributed by atoms with Crippen LogP contribution in [0.4, 0.5) is 0 Å². The number of aromatic nitrogens is 2. The number of nitrogens with zero attached hydrogens (tertiary/aromatic N) is 2. The summed E-state index contributed by atoms with van der Waals surface area (Å²) in [6.45, 7) is 9.06. The molecule has 92 valence electrons. The van der Waals surface area contributed by atoms with Crippen LogP contribution in [0.1, 0.15) is 17.4 Å². The van der Waals surface area contributed by atoms with Gasteiger partial charge < -0.3 is 4.74 Å². The quantitative estimate of drug-likeness (QED) is 0.632. The molecule has 4 nitrogen and oxygen atoms in total. The van der Waals surface area contributed by atoms with Gasteiger partial charge in [-0.2, -0.15) is 0 Å². The monoisotopic (exact) mass is 268 g/mol. The average molecular weight is 268 g/mol. The molecule has 0 atom stereocenters. The molecular weight excluding hydrogens is 252 g/mol. The molecule has 0 amide bonds. The predicted octanol–water partition coefficient (Wildman–Crippen LogP) is 2.12. The first-order valence-corrected chi connectivity index (χ1v) is 9.89. The fourth-order valence-corrected chi connectivity index (χ4v) is 4.19. The minimum absolute atomic E-state index is 0.349. The van der Waals surface area contributed by atoms with Gasteiger partial charge in [0.2, 0.25) is 0 Å². The molecule has 2 aromatic rings. The number of hydrogen-bond donors (Lipinski definition) is 0. The molecule has 0 unspecified atom stereocenters. The van der Waals surface area contributed by atoms with Crippen LogP contribution in [0.25, 0.3) is 4.96 Å². The van der Waals surface area contributed by atoms with Gasteiger partial charge in [0.25, 0.3) is 0 Å². The fourth-order valence-electron chi connectivity index (χ4n) is 1.45. The third kappa shape index (κ3) is 2.42. The molecule has 0 aliphatic heterocycles. The van der Waals surface area contributed by atoms with E-state index in [1.807, 2.05) is 4.40 Å². The van der Waals surface area contributed by atoms with Crippen molar-refractivity contribution in [2.24, 2.45) is 0 Å². The SMILES string of the molecule is CCOC(=O)c1cn2cc([Si](C)(C)C)sc2n1. The van der Waals surface area contributed by atoms with Crippen molar-refractivity contribution >= 4 is 34.8 Å². The maximum absolute atomic E-state index is 11.5. The van der Waals surface area contributed by atoms with Crippen LogP contribution in [-0.2, 0) is 4.74 Å². The molecule has 0 aliphatic rings. The summed E-state index contributed by atoms with van der Waals surface area (Å²) in [5, 5.41) is 0. The molecule has 0 bridgehead atoms. The Kier molecular flexibility index (Phi) is 3.09. The van der Waals surface area contributed by atoms with Gasteiger partial charge >= 0.3 is 5.97 Å². The molecule has 0 N–H and O–H groups in total. The van der Waals surface area contributed by atoms with Crippen LogP contribution in [0.3, 0.4) is 0 Å². The molecular formula is C11H16N2O2SSi. The number of imidazole rings is 1. The van der Waals surface area contributed by atoms with Gasteiger partial charge in [-0.3, -0.25) is 4.40 Å². The largest absolute Gasteiger partial charge is 0.461 e. The number of ether oxygens (including phenoxy) is 1. The van der Waals surface area contributed by atoms with Crippen LogP contribution < -0.4 is 4.50 Å². The maximum Gasteiger partial charge on any atom is 0.358 e. The first-order valence-electron chi connectivity index (χ1n) is 5.58. The van der Waals surface area contributed by atoms with Crippen LogP contribution in [0.5, 0.6) is 0 Å². The van der Waals surface area contributed by atoms with Crippen LogP contribution in [0.15, 0.2) is 12.4 Å². The van der Waals surface area contributed by atoms with Crippen molar-refractivity contribution in [1.82, 2.24) is 9.38 Å². The van der Waals surface area contributed by atoms with E-state index in [2.05, 4.69) is 30.8 Å². The first kappa shape index (κ1) is 12.3. The maximum atomic E-state index is 11.5. The van der Waals surface area contributed by atoms with Crippen molar-refractivity contribution in [2.75, 3.05) is 6.61 Å². The summed E-state index contributed by atoms with van der Waals surface area (Å²) in [4.78, 5) is 16.7. The van der Waals surface area contributed by atoms with E-state index in [9.17, 15) is 4.79 Å². The molecule has 0 saturated carbocycles. The smallest absolute Gasteiger partial charge is 0.358 e. The highest BCUT2D eigenvalue weighted by Crippen LogP contribution is 2.15. The summed E-state index contributed by atoms with van der Waals surface area (Å²) in [6.07, 6.45) is 3.83. The van der Waals surface area contributed by atoms with E-state index in [4.69, 9.17) is 4.74 Å². The summed E-state index contributed by atoms with van der Waals surface area (Å²) in [5.74, 6) is -0.349. The molecule has 17 heavy (non-hydrogen) atoms. The molecule has 2 heterocycles. The zero-order valence-electron chi connectivity index (χ0n) is 10.5. The topological polar surface area (TPSA) is 43.6 Å². The second-order valence-electron chi connectivity index (χ2n) is 4.88. The van der Waals surface area contributed by atoms with Crippen molar-refractivity contribution < 1.29 is 9.53 Å². The lowest BCUT2D eigenvalue weighted by molar-refractivity contribution is 0.0520. The minimum atomic E-state index is -1.30. The number of hydrogen-bond acceptors (Lipinski definition) is 4. The molecule has 0 radical (unpaired) electrons. The number of fused-ring (bicyclic) bond motifs is 1. The van der Waals surface area contributed by atoms with Gasteiger partial charge in [-0.1, -0.05) is 19.6 Å². The van der Waals surface area contributed by atoms with Gasteiger partial charge in [-0.15, -0.1) is 11.3 Å². The number of esters is 1. The molecule has 0 aliphatic carbocycles. The highest BCUT2D eigenvalue weighted by atomic mass is 32.1. The lowest BCUT2D eigenvalue weighted by atomic mass is 10.5. The summed E-state index contributed by atoms with van der Waals surface area (Å²) < 4.78 is 8.23. The third-order valence-corrected chi connectivity index (χ3v) is 6.94. The lowest BCUT2D eigenvalue weighted by Gasteiger charge is -2.11. The zero-order valence-corrected chi connectivity index (χ0v) is 12.3.